The lowest BCUT2D eigenvalue weighted by molar-refractivity contribution is 0.395. The molecule has 21 heavy (non-hydrogen) atoms. The van der Waals surface area contributed by atoms with Gasteiger partial charge in [-0.15, -0.1) is 0 Å². The molecule has 1 aromatic carbocycles. The van der Waals surface area contributed by atoms with E-state index in [4.69, 9.17) is 16.3 Å². The Kier molecular flexibility index (Phi) is 5.65. The molecule has 0 aliphatic carbocycles. The number of imidazole rings is 1. The van der Waals surface area contributed by atoms with Gasteiger partial charge in [-0.25, -0.2) is 4.98 Å². The molecule has 0 bridgehead atoms. The molecule has 5 heteroatoms. The van der Waals surface area contributed by atoms with Crippen LogP contribution in [0.5, 0.6) is 5.75 Å². The highest BCUT2D eigenvalue weighted by molar-refractivity contribution is 6.30. The second-order valence-corrected chi connectivity index (χ2v) is 5.43. The Morgan fingerprint density at radius 1 is 1.43 bits per heavy atom. The van der Waals surface area contributed by atoms with Crippen LogP contribution >= 0.6 is 11.6 Å². The number of nitrogens with one attached hydrogen (secondary N) is 1. The maximum absolute atomic E-state index is 6.14. The first-order chi connectivity index (χ1) is 10.2. The molecule has 0 spiro atoms. The van der Waals surface area contributed by atoms with E-state index >= 15 is 0 Å². The molecule has 0 amide bonds. The average Bonchev–Trinajstić information content (AvgIpc) is 2.89. The van der Waals surface area contributed by atoms with Gasteiger partial charge in [0.25, 0.3) is 0 Å². The normalized spacial score (nSPS) is 12.4. The van der Waals surface area contributed by atoms with Crippen LogP contribution in [0.15, 0.2) is 30.6 Å². The summed E-state index contributed by atoms with van der Waals surface area (Å²) in [4.78, 5) is 4.38. The van der Waals surface area contributed by atoms with Crippen LogP contribution in [0.2, 0.25) is 5.02 Å². The van der Waals surface area contributed by atoms with Crippen molar-refractivity contribution < 1.29 is 4.74 Å². The van der Waals surface area contributed by atoms with Crippen molar-refractivity contribution in [2.75, 3.05) is 13.7 Å². The minimum absolute atomic E-state index is 0.195. The minimum Gasteiger partial charge on any atom is -0.496 e. The molecular weight excluding hydrogens is 286 g/mol. The van der Waals surface area contributed by atoms with Gasteiger partial charge >= 0.3 is 0 Å². The number of hydrogen-bond acceptors (Lipinski definition) is 3. The summed E-state index contributed by atoms with van der Waals surface area (Å²) in [5, 5.41) is 4.23. The molecule has 4 nitrogen and oxygen atoms in total. The third-order valence-corrected chi connectivity index (χ3v) is 3.83. The fourth-order valence-electron chi connectivity index (χ4n) is 2.50. The molecule has 0 fully saturated rings. The molecule has 1 unspecified atom stereocenters. The van der Waals surface area contributed by atoms with Gasteiger partial charge in [0.2, 0.25) is 0 Å². The molecule has 1 heterocycles. The van der Waals surface area contributed by atoms with Crippen molar-refractivity contribution in [2.24, 2.45) is 7.05 Å². The van der Waals surface area contributed by atoms with Crippen molar-refractivity contribution in [2.45, 2.75) is 25.8 Å². The molecule has 0 aliphatic heterocycles. The van der Waals surface area contributed by atoms with E-state index in [-0.39, 0.29) is 6.04 Å². The Bertz CT molecular complexity index is 583. The fraction of sp³-hybridized carbons (Fsp3) is 0.438. The largest absolute Gasteiger partial charge is 0.496 e. The van der Waals surface area contributed by atoms with Gasteiger partial charge in [0, 0.05) is 42.5 Å². The highest BCUT2D eigenvalue weighted by atomic mass is 35.5. The van der Waals surface area contributed by atoms with Gasteiger partial charge in [-0.1, -0.05) is 18.5 Å². The Morgan fingerprint density at radius 3 is 2.86 bits per heavy atom. The van der Waals surface area contributed by atoms with Gasteiger partial charge in [0.15, 0.2) is 0 Å². The van der Waals surface area contributed by atoms with Crippen molar-refractivity contribution in [3.05, 3.63) is 47.0 Å². The van der Waals surface area contributed by atoms with Gasteiger partial charge in [0.1, 0.15) is 11.6 Å². The predicted octanol–water partition coefficient (Wildman–Crippen LogP) is 3.37. The van der Waals surface area contributed by atoms with Gasteiger partial charge in [-0.2, -0.15) is 0 Å². The molecule has 0 saturated heterocycles. The lowest BCUT2D eigenvalue weighted by Gasteiger charge is -2.21. The van der Waals surface area contributed by atoms with Crippen LogP contribution in [0.1, 0.15) is 30.8 Å². The summed E-state index contributed by atoms with van der Waals surface area (Å²) in [5.74, 6) is 1.95. The van der Waals surface area contributed by atoms with Gasteiger partial charge in [-0.3, -0.25) is 0 Å². The third kappa shape index (κ3) is 3.99. The van der Waals surface area contributed by atoms with Crippen molar-refractivity contribution in [3.63, 3.8) is 0 Å². The van der Waals surface area contributed by atoms with Gasteiger partial charge < -0.3 is 14.6 Å². The van der Waals surface area contributed by atoms with Crippen LogP contribution in [0.25, 0.3) is 0 Å². The fourth-order valence-corrected chi connectivity index (χ4v) is 2.68. The smallest absolute Gasteiger partial charge is 0.123 e. The topological polar surface area (TPSA) is 39.1 Å². The number of nitrogens with zero attached hydrogens (tertiary/aromatic N) is 2. The lowest BCUT2D eigenvalue weighted by atomic mass is 10.0. The standard InChI is InChI=1S/C16H22ClN3O/c1-4-18-14(6-8-16-19-9-10-20(16)2)13-11-12(17)5-7-15(13)21-3/h5,7,9-11,14,18H,4,6,8H2,1-3H3. The summed E-state index contributed by atoms with van der Waals surface area (Å²) in [7, 11) is 3.71. The lowest BCUT2D eigenvalue weighted by Crippen LogP contribution is -2.22. The molecule has 0 saturated carbocycles. The molecule has 0 aliphatic rings. The SMILES string of the molecule is CCNC(CCc1nccn1C)c1cc(Cl)ccc1OC. The number of aromatic nitrogens is 2. The van der Waals surface area contributed by atoms with Crippen LogP contribution in [0.3, 0.4) is 0 Å². The molecule has 1 N–H and O–H groups in total. The summed E-state index contributed by atoms with van der Waals surface area (Å²) in [6, 6.07) is 5.95. The molecule has 1 aromatic heterocycles. The maximum atomic E-state index is 6.14. The van der Waals surface area contributed by atoms with Crippen LogP contribution in [-0.2, 0) is 13.5 Å². The summed E-state index contributed by atoms with van der Waals surface area (Å²) in [6.45, 7) is 2.99. The molecular formula is C16H22ClN3O. The summed E-state index contributed by atoms with van der Waals surface area (Å²) >= 11 is 6.14. The van der Waals surface area contributed by atoms with Crippen molar-refractivity contribution in [1.82, 2.24) is 14.9 Å². The monoisotopic (exact) mass is 307 g/mol. The van der Waals surface area contributed by atoms with E-state index in [0.717, 1.165) is 41.5 Å². The molecule has 0 radical (unpaired) electrons. The highest BCUT2D eigenvalue weighted by Crippen LogP contribution is 2.30. The second kappa shape index (κ2) is 7.48. The zero-order valence-corrected chi connectivity index (χ0v) is 13.5. The predicted molar refractivity (Wildman–Crippen MR) is 86.0 cm³/mol. The quantitative estimate of drug-likeness (QED) is 0.852. The second-order valence-electron chi connectivity index (χ2n) is 4.99. The highest BCUT2D eigenvalue weighted by Gasteiger charge is 2.16. The van der Waals surface area contributed by atoms with Crippen molar-refractivity contribution in [1.29, 1.82) is 0 Å². The zero-order chi connectivity index (χ0) is 15.2. The first kappa shape index (κ1) is 15.9. The Balaban J connectivity index is 2.18. The van der Waals surface area contributed by atoms with Crippen molar-refractivity contribution in [3.8, 4) is 5.75 Å². The average molecular weight is 308 g/mol. The zero-order valence-electron chi connectivity index (χ0n) is 12.8. The van der Waals surface area contributed by atoms with E-state index in [1.54, 1.807) is 7.11 Å². The number of rotatable bonds is 7. The summed E-state index contributed by atoms with van der Waals surface area (Å²) in [6.07, 6.45) is 5.64. The van der Waals surface area contributed by atoms with Gasteiger partial charge in [-0.05, 0) is 31.2 Å². The third-order valence-electron chi connectivity index (χ3n) is 3.60. The van der Waals surface area contributed by atoms with Crippen LogP contribution in [0.4, 0.5) is 0 Å². The van der Waals surface area contributed by atoms with E-state index < -0.39 is 0 Å². The number of methoxy groups -OCH3 is 1. The summed E-state index contributed by atoms with van der Waals surface area (Å²) < 4.78 is 7.52. The molecule has 1 atom stereocenters. The van der Waals surface area contributed by atoms with E-state index in [0.29, 0.717) is 0 Å². The Morgan fingerprint density at radius 2 is 2.24 bits per heavy atom. The van der Waals surface area contributed by atoms with Crippen LogP contribution in [0, 0.1) is 0 Å². The maximum Gasteiger partial charge on any atom is 0.123 e. The van der Waals surface area contributed by atoms with Crippen LogP contribution in [-0.4, -0.2) is 23.2 Å². The first-order valence-corrected chi connectivity index (χ1v) is 7.56. The number of aryl methyl sites for hydroxylation is 2. The van der Waals surface area contributed by atoms with E-state index in [1.807, 2.05) is 37.6 Å². The number of hydrogen-bond donors (Lipinski definition) is 1. The minimum atomic E-state index is 0.195. The van der Waals surface area contributed by atoms with Crippen LogP contribution < -0.4 is 10.1 Å². The molecule has 2 rings (SSSR count). The molecule has 114 valence electrons. The number of ether oxygens (including phenoxy) is 1. The van der Waals surface area contributed by atoms with E-state index in [1.165, 1.54) is 0 Å². The Labute approximate surface area is 131 Å². The number of halogens is 1. The first-order valence-electron chi connectivity index (χ1n) is 7.18. The summed E-state index contributed by atoms with van der Waals surface area (Å²) in [5.41, 5.74) is 1.10. The van der Waals surface area contributed by atoms with Gasteiger partial charge in [0.05, 0.1) is 7.11 Å². The van der Waals surface area contributed by atoms with E-state index in [9.17, 15) is 0 Å². The van der Waals surface area contributed by atoms with E-state index in [2.05, 4.69) is 21.8 Å². The number of benzene rings is 1. The molecule has 2 aromatic rings. The van der Waals surface area contributed by atoms with Crippen molar-refractivity contribution >= 4 is 11.6 Å². The Hall–Kier alpha value is -1.52.